The minimum atomic E-state index is -1.92. The Kier molecular flexibility index (Phi) is 32.0. The van der Waals surface area contributed by atoms with Crippen molar-refractivity contribution in [2.24, 2.45) is 0 Å². The summed E-state index contributed by atoms with van der Waals surface area (Å²) in [5, 5.41) is 55.6. The maximum atomic E-state index is 12.5. The number of hydrogen-bond donors (Lipinski definition) is 8. The molecule has 0 saturated carbocycles. The minimum Gasteiger partial charge on any atom is -0.464 e. The Morgan fingerprint density at radius 1 is 0.569 bits per heavy atom. The van der Waals surface area contributed by atoms with Gasteiger partial charge >= 0.3 is 5.97 Å². The second-order valence-electron chi connectivity index (χ2n) is 13.7. The lowest BCUT2D eigenvalue weighted by molar-refractivity contribution is -0.149. The van der Waals surface area contributed by atoms with Crippen molar-refractivity contribution >= 4 is 23.7 Å². The summed E-state index contributed by atoms with van der Waals surface area (Å²) in [5.74, 6) is -1.36. The fourth-order valence-electron chi connectivity index (χ4n) is 5.79. The predicted molar refractivity (Wildman–Crippen MR) is 198 cm³/mol. The highest BCUT2D eigenvalue weighted by Gasteiger charge is 2.34. The molecule has 13 heteroatoms. The second kappa shape index (κ2) is 33.5. The number of rotatable bonds is 35. The summed E-state index contributed by atoms with van der Waals surface area (Å²) >= 11 is 0. The Morgan fingerprint density at radius 2 is 1.04 bits per heavy atom. The van der Waals surface area contributed by atoms with Crippen LogP contribution in [-0.2, 0) is 23.9 Å². The summed E-state index contributed by atoms with van der Waals surface area (Å²) in [6.45, 7) is 4.26. The van der Waals surface area contributed by atoms with Gasteiger partial charge in [0.1, 0.15) is 24.4 Å². The first kappa shape index (κ1) is 48.7. The Morgan fingerprint density at radius 3 is 1.57 bits per heavy atom. The normalized spacial score (nSPS) is 14.3. The monoisotopic (exact) mass is 732 g/mol. The molecule has 0 unspecified atom stereocenters. The number of carbonyl (C=O) groups is 4. The van der Waals surface area contributed by atoms with Crippen molar-refractivity contribution in [1.82, 2.24) is 16.0 Å². The molecule has 0 rings (SSSR count). The molecule has 0 saturated heterocycles. The van der Waals surface area contributed by atoms with Crippen LogP contribution < -0.4 is 16.0 Å². The van der Waals surface area contributed by atoms with E-state index in [0.717, 1.165) is 70.6 Å². The van der Waals surface area contributed by atoms with Crippen LogP contribution in [0.5, 0.6) is 0 Å². The van der Waals surface area contributed by atoms with Gasteiger partial charge in [0.15, 0.2) is 6.10 Å². The lowest BCUT2D eigenvalue weighted by Crippen LogP contribution is -2.51. The number of aliphatic hydroxyl groups is 5. The van der Waals surface area contributed by atoms with Crippen LogP contribution in [0.25, 0.3) is 0 Å². The van der Waals surface area contributed by atoms with Gasteiger partial charge in [-0.15, -0.1) is 0 Å². The molecule has 0 aromatic carbocycles. The molecule has 5 atom stereocenters. The van der Waals surface area contributed by atoms with E-state index < -0.39 is 48.9 Å². The summed E-state index contributed by atoms with van der Waals surface area (Å²) in [7, 11) is 0. The summed E-state index contributed by atoms with van der Waals surface area (Å²) < 4.78 is 5.17. The fourth-order valence-corrected chi connectivity index (χ4v) is 5.79. The average molecular weight is 732 g/mol. The second-order valence-corrected chi connectivity index (χ2v) is 13.7. The van der Waals surface area contributed by atoms with E-state index in [1.807, 2.05) is 0 Å². The molecular weight excluding hydrogens is 658 g/mol. The summed E-state index contributed by atoms with van der Waals surface area (Å²) in [6.07, 6.45) is 14.8. The number of hydrogen-bond acceptors (Lipinski definition) is 10. The third-order valence-electron chi connectivity index (χ3n) is 9.06. The average Bonchev–Trinajstić information content (AvgIpc) is 3.12. The first-order valence-corrected chi connectivity index (χ1v) is 19.9. The van der Waals surface area contributed by atoms with Gasteiger partial charge in [0.2, 0.25) is 11.8 Å². The molecule has 13 nitrogen and oxygen atoms in total. The molecule has 0 radical (unpaired) electrons. The molecule has 8 N–H and O–H groups in total. The van der Waals surface area contributed by atoms with E-state index in [0.29, 0.717) is 45.2 Å². The summed E-state index contributed by atoms with van der Waals surface area (Å²) in [4.78, 5) is 49.0. The highest BCUT2D eigenvalue weighted by Crippen LogP contribution is 2.13. The smallest absolute Gasteiger partial charge is 0.328 e. The van der Waals surface area contributed by atoms with Crippen LogP contribution in [0, 0.1) is 0 Å². The van der Waals surface area contributed by atoms with Crippen LogP contribution in [0.4, 0.5) is 0 Å². The number of unbranched alkanes of at least 4 members (excludes halogenated alkanes) is 17. The van der Waals surface area contributed by atoms with Gasteiger partial charge in [-0.1, -0.05) is 103 Å². The highest BCUT2D eigenvalue weighted by molar-refractivity contribution is 5.84. The molecular formula is C38H73N3O10. The molecule has 0 aliphatic carbocycles. The standard InChI is InChI=1S/C38H73N3O10/c1-3-5-6-7-8-10-13-16-19-25-32(44)39-27-23-21-24-30(38(50)51-4-2)41-33(45)26-20-17-14-11-9-12-15-18-22-28-40-37(49)36(48)35(47)34(46)31(43)29-42/h30-31,34-36,42-43,46-48H,3-29H2,1-2H3,(H,39,44)(H,40,49)(H,41,45)/t30-,31-,34-,35+,36-/m0/s1. The van der Waals surface area contributed by atoms with Gasteiger partial charge in [-0.3, -0.25) is 14.4 Å². The van der Waals surface area contributed by atoms with Gasteiger partial charge in [-0.05, 0) is 45.4 Å². The van der Waals surface area contributed by atoms with Gasteiger partial charge < -0.3 is 46.2 Å². The predicted octanol–water partition coefficient (Wildman–Crippen LogP) is 3.69. The van der Waals surface area contributed by atoms with E-state index in [1.165, 1.54) is 44.9 Å². The molecule has 3 amide bonds. The number of nitrogens with one attached hydrogen (secondary N) is 3. The first-order valence-electron chi connectivity index (χ1n) is 19.9. The SMILES string of the molecule is CCCCCCCCCCCC(=O)NCCCC[C@H](NC(=O)CCCCCCCCCCCNC(=O)[C@@H](O)[C@H](O)[C@@H](O)[C@@H](O)CO)C(=O)OCC. The van der Waals surface area contributed by atoms with Crippen LogP contribution >= 0.6 is 0 Å². The van der Waals surface area contributed by atoms with E-state index in [9.17, 15) is 39.6 Å². The lowest BCUT2D eigenvalue weighted by Gasteiger charge is -2.24. The topological polar surface area (TPSA) is 215 Å². The van der Waals surface area contributed by atoms with Crippen LogP contribution in [0.15, 0.2) is 0 Å². The number of aliphatic hydroxyl groups excluding tert-OH is 5. The lowest BCUT2D eigenvalue weighted by atomic mass is 10.0. The molecule has 51 heavy (non-hydrogen) atoms. The third kappa shape index (κ3) is 27.0. The summed E-state index contributed by atoms with van der Waals surface area (Å²) in [6, 6.07) is -0.682. The van der Waals surface area contributed by atoms with Gasteiger partial charge in [-0.2, -0.15) is 0 Å². The number of carbonyl (C=O) groups excluding carboxylic acids is 4. The quantitative estimate of drug-likeness (QED) is 0.0350. The van der Waals surface area contributed by atoms with Crippen molar-refractivity contribution in [3.05, 3.63) is 0 Å². The Hall–Kier alpha value is -2.32. The van der Waals surface area contributed by atoms with E-state index in [1.54, 1.807) is 6.92 Å². The van der Waals surface area contributed by atoms with Gasteiger partial charge in [0.25, 0.3) is 5.91 Å². The van der Waals surface area contributed by atoms with Gasteiger partial charge in [-0.25, -0.2) is 4.79 Å². The van der Waals surface area contributed by atoms with E-state index in [2.05, 4.69) is 22.9 Å². The van der Waals surface area contributed by atoms with Crippen LogP contribution in [0.1, 0.15) is 162 Å². The Labute approximate surface area is 307 Å². The third-order valence-corrected chi connectivity index (χ3v) is 9.06. The van der Waals surface area contributed by atoms with E-state index in [-0.39, 0.29) is 18.4 Å². The van der Waals surface area contributed by atoms with E-state index >= 15 is 0 Å². The first-order chi connectivity index (χ1) is 24.6. The summed E-state index contributed by atoms with van der Waals surface area (Å²) in [5.41, 5.74) is 0. The number of esters is 1. The largest absolute Gasteiger partial charge is 0.464 e. The fraction of sp³-hybridized carbons (Fsp3) is 0.895. The maximum Gasteiger partial charge on any atom is 0.328 e. The minimum absolute atomic E-state index is 0.0744. The van der Waals surface area contributed by atoms with Gasteiger partial charge in [0.05, 0.1) is 13.2 Å². The molecule has 0 spiro atoms. The molecule has 300 valence electrons. The van der Waals surface area contributed by atoms with Crippen LogP contribution in [-0.4, -0.2) is 106 Å². The number of amides is 3. The Balaban J connectivity index is 3.94. The molecule has 0 fully saturated rings. The maximum absolute atomic E-state index is 12.5. The highest BCUT2D eigenvalue weighted by atomic mass is 16.5. The molecule has 0 aromatic heterocycles. The Bertz CT molecular complexity index is 894. The molecule has 0 heterocycles. The van der Waals surface area contributed by atoms with E-state index in [4.69, 9.17) is 9.84 Å². The zero-order valence-corrected chi connectivity index (χ0v) is 31.8. The van der Waals surface area contributed by atoms with Crippen molar-refractivity contribution in [3.63, 3.8) is 0 Å². The van der Waals surface area contributed by atoms with Crippen molar-refractivity contribution in [2.45, 2.75) is 192 Å². The van der Waals surface area contributed by atoms with Crippen molar-refractivity contribution in [1.29, 1.82) is 0 Å². The molecule has 0 aliphatic heterocycles. The molecule has 0 bridgehead atoms. The van der Waals surface area contributed by atoms with Crippen molar-refractivity contribution < 1.29 is 49.4 Å². The van der Waals surface area contributed by atoms with Crippen molar-refractivity contribution in [3.8, 4) is 0 Å². The van der Waals surface area contributed by atoms with Crippen molar-refractivity contribution in [2.75, 3.05) is 26.3 Å². The molecule has 0 aliphatic rings. The van der Waals surface area contributed by atoms with Gasteiger partial charge in [0, 0.05) is 25.9 Å². The van der Waals surface area contributed by atoms with Crippen LogP contribution in [0.3, 0.4) is 0 Å². The zero-order valence-electron chi connectivity index (χ0n) is 31.8. The van der Waals surface area contributed by atoms with Crippen LogP contribution in [0.2, 0.25) is 0 Å². The zero-order chi connectivity index (χ0) is 38.1. The molecule has 0 aromatic rings. The number of ether oxygens (including phenoxy) is 1.